The summed E-state index contributed by atoms with van der Waals surface area (Å²) < 4.78 is 47.8. The zero-order chi connectivity index (χ0) is 24.4. The molecule has 0 radical (unpaired) electrons. The van der Waals surface area contributed by atoms with Crippen LogP contribution in [0.3, 0.4) is 0 Å². The predicted octanol–water partition coefficient (Wildman–Crippen LogP) is 5.73. The number of H-pyrrole nitrogens is 1. The number of pyridine rings is 1. The highest BCUT2D eigenvalue weighted by molar-refractivity contribution is 5.91. The Morgan fingerprint density at radius 2 is 1.88 bits per heavy atom. The van der Waals surface area contributed by atoms with Crippen LogP contribution in [-0.4, -0.2) is 35.2 Å². The minimum Gasteiger partial charge on any atom is -0.496 e. The van der Waals surface area contributed by atoms with Gasteiger partial charge in [0.1, 0.15) is 5.75 Å². The maximum atomic E-state index is 14.1. The van der Waals surface area contributed by atoms with Gasteiger partial charge in [0.25, 0.3) is 0 Å². The number of benzene rings is 2. The van der Waals surface area contributed by atoms with Crippen LogP contribution >= 0.6 is 0 Å². The van der Waals surface area contributed by atoms with Gasteiger partial charge in [-0.05, 0) is 67.5 Å². The van der Waals surface area contributed by atoms with Crippen molar-refractivity contribution in [3.63, 3.8) is 0 Å². The molecule has 0 aliphatic rings. The molecule has 33 heavy (non-hydrogen) atoms. The highest BCUT2D eigenvalue weighted by Gasteiger charge is 2.53. The molecule has 0 amide bonds. The first kappa shape index (κ1) is 24.5. The van der Waals surface area contributed by atoms with Gasteiger partial charge in [0.2, 0.25) is 5.56 Å². The third-order valence-electron chi connectivity index (χ3n) is 6.05. The van der Waals surface area contributed by atoms with Gasteiger partial charge in [0, 0.05) is 17.7 Å². The van der Waals surface area contributed by atoms with E-state index in [1.54, 1.807) is 25.1 Å². The zero-order valence-corrected chi connectivity index (χ0v) is 19.0. The molecule has 2 atom stereocenters. The summed E-state index contributed by atoms with van der Waals surface area (Å²) in [6.07, 6.45) is -4.64. The number of aliphatic imine (C=N–C) groups is 1. The lowest BCUT2D eigenvalue weighted by Gasteiger charge is -2.31. The van der Waals surface area contributed by atoms with Crippen molar-refractivity contribution in [2.75, 3.05) is 7.11 Å². The van der Waals surface area contributed by atoms with E-state index in [1.165, 1.54) is 25.3 Å². The summed E-state index contributed by atoms with van der Waals surface area (Å²) in [6, 6.07) is 11.1. The Morgan fingerprint density at radius 3 is 2.52 bits per heavy atom. The molecule has 1 heterocycles. The van der Waals surface area contributed by atoms with Crippen LogP contribution < -0.4 is 10.3 Å². The van der Waals surface area contributed by atoms with E-state index in [1.807, 2.05) is 19.9 Å². The minimum absolute atomic E-state index is 0.211. The van der Waals surface area contributed by atoms with Crippen molar-refractivity contribution < 1.29 is 23.0 Å². The highest BCUT2D eigenvalue weighted by atomic mass is 19.4. The number of alkyl halides is 3. The van der Waals surface area contributed by atoms with E-state index in [-0.39, 0.29) is 11.2 Å². The van der Waals surface area contributed by atoms with Crippen LogP contribution in [0.2, 0.25) is 0 Å². The van der Waals surface area contributed by atoms with E-state index < -0.39 is 24.1 Å². The van der Waals surface area contributed by atoms with Crippen LogP contribution in [0.15, 0.2) is 52.3 Å². The second-order valence-corrected chi connectivity index (χ2v) is 8.18. The predicted molar refractivity (Wildman–Crippen MR) is 124 cm³/mol. The number of fused-ring (bicyclic) bond motifs is 1. The number of aromatic nitrogens is 1. The molecule has 0 spiro atoms. The molecule has 0 saturated heterocycles. The number of hydrogen-bond acceptors (Lipinski definition) is 4. The zero-order valence-electron chi connectivity index (χ0n) is 19.0. The molecule has 0 fully saturated rings. The third kappa shape index (κ3) is 4.95. The summed E-state index contributed by atoms with van der Waals surface area (Å²) in [6.45, 7) is 5.53. The van der Waals surface area contributed by atoms with E-state index in [9.17, 15) is 23.1 Å². The van der Waals surface area contributed by atoms with Crippen LogP contribution in [0.4, 0.5) is 18.9 Å². The number of rotatable bonds is 7. The van der Waals surface area contributed by atoms with Crippen LogP contribution in [0.5, 0.6) is 5.75 Å². The van der Waals surface area contributed by atoms with Gasteiger partial charge in [-0.3, -0.25) is 9.79 Å². The smallest absolute Gasteiger partial charge is 0.422 e. The average Bonchev–Trinajstić information content (AvgIpc) is 2.76. The first-order valence-electron chi connectivity index (χ1n) is 10.6. The molecular formula is C25H27F3N2O3. The van der Waals surface area contributed by atoms with E-state index in [0.717, 1.165) is 11.1 Å². The third-order valence-corrected chi connectivity index (χ3v) is 6.05. The van der Waals surface area contributed by atoms with Crippen molar-refractivity contribution in [2.45, 2.75) is 51.3 Å². The maximum absolute atomic E-state index is 14.1. The number of nitrogens with one attached hydrogen (secondary N) is 1. The van der Waals surface area contributed by atoms with Gasteiger partial charge in [-0.15, -0.1) is 0 Å². The summed E-state index contributed by atoms with van der Waals surface area (Å²) >= 11 is 0. The fourth-order valence-corrected chi connectivity index (χ4v) is 3.95. The molecule has 2 aromatic carbocycles. The molecule has 2 N–H and O–H groups in total. The Kier molecular flexibility index (Phi) is 6.97. The number of nitrogens with zero attached hydrogens (tertiary/aromatic N) is 1. The van der Waals surface area contributed by atoms with Crippen LogP contribution in [0.1, 0.15) is 42.4 Å². The molecule has 0 aliphatic carbocycles. The van der Waals surface area contributed by atoms with E-state index in [4.69, 9.17) is 4.74 Å². The molecule has 3 aromatic rings. The normalized spacial score (nSPS) is 15.0. The van der Waals surface area contributed by atoms with E-state index in [0.29, 0.717) is 34.9 Å². The number of ether oxygens (including phenoxy) is 1. The van der Waals surface area contributed by atoms with Gasteiger partial charge in [-0.25, -0.2) is 0 Å². The largest absolute Gasteiger partial charge is 0.496 e. The van der Waals surface area contributed by atoms with Crippen molar-refractivity contribution in [3.05, 3.63) is 69.5 Å². The number of aromatic amines is 1. The summed E-state index contributed by atoms with van der Waals surface area (Å²) in [5.74, 6) is -0.0949. The van der Waals surface area contributed by atoms with Gasteiger partial charge >= 0.3 is 6.18 Å². The number of aryl methyl sites for hydroxylation is 1. The highest BCUT2D eigenvalue weighted by Crippen LogP contribution is 2.42. The Labute approximate surface area is 190 Å². The molecule has 3 rings (SSSR count). The lowest BCUT2D eigenvalue weighted by Crippen LogP contribution is -2.47. The quantitative estimate of drug-likeness (QED) is 0.442. The van der Waals surface area contributed by atoms with Crippen LogP contribution in [-0.2, 0) is 0 Å². The summed E-state index contributed by atoms with van der Waals surface area (Å²) in [5, 5.41) is 11.3. The molecule has 5 nitrogen and oxygen atoms in total. The van der Waals surface area contributed by atoms with E-state index in [2.05, 4.69) is 9.98 Å². The van der Waals surface area contributed by atoms with E-state index >= 15 is 0 Å². The molecule has 176 valence electrons. The lowest BCUT2D eigenvalue weighted by atomic mass is 9.82. The lowest BCUT2D eigenvalue weighted by molar-refractivity contribution is -0.232. The fourth-order valence-electron chi connectivity index (χ4n) is 3.95. The SMILES string of the molecule is CCC(CC(O)(C=Nc1cccc2[nH]c(=O)ccc12)C(F)(F)F)c1ccc(C)c(C)c1OC. The number of aliphatic hydroxyl groups is 1. The first-order valence-corrected chi connectivity index (χ1v) is 10.6. The first-order chi connectivity index (χ1) is 15.5. The number of methoxy groups -OCH3 is 1. The molecule has 8 heteroatoms. The molecule has 1 aromatic heterocycles. The second kappa shape index (κ2) is 9.39. The Hall–Kier alpha value is -3.13. The average molecular weight is 460 g/mol. The monoisotopic (exact) mass is 460 g/mol. The topological polar surface area (TPSA) is 74.7 Å². The van der Waals surface area contributed by atoms with Crippen molar-refractivity contribution in [1.82, 2.24) is 4.98 Å². The van der Waals surface area contributed by atoms with Crippen molar-refractivity contribution in [3.8, 4) is 5.75 Å². The minimum atomic E-state index is -4.95. The molecule has 0 aliphatic heterocycles. The maximum Gasteiger partial charge on any atom is 0.422 e. The van der Waals surface area contributed by atoms with Gasteiger partial charge < -0.3 is 14.8 Å². The van der Waals surface area contributed by atoms with Crippen LogP contribution in [0.25, 0.3) is 10.9 Å². The Morgan fingerprint density at radius 1 is 1.15 bits per heavy atom. The number of hydrogen-bond donors (Lipinski definition) is 2. The summed E-state index contributed by atoms with van der Waals surface area (Å²) in [4.78, 5) is 18.2. The van der Waals surface area contributed by atoms with Gasteiger partial charge in [0.05, 0.1) is 18.3 Å². The van der Waals surface area contributed by atoms with Crippen molar-refractivity contribution in [1.29, 1.82) is 0 Å². The molecule has 0 saturated carbocycles. The Balaban J connectivity index is 2.04. The van der Waals surface area contributed by atoms with Crippen molar-refractivity contribution in [2.24, 2.45) is 4.99 Å². The standard InChI is InChI=1S/C25H27F3N2O3/c1-5-17(18-10-9-15(2)16(3)23(18)33-4)13-24(32,25(26,27)28)14-29-20-7-6-8-21-19(20)11-12-22(31)30-21/h6-12,14,17,32H,5,13H2,1-4H3,(H,30,31). The Bertz CT molecular complexity index is 1230. The van der Waals surface area contributed by atoms with Crippen LogP contribution in [0, 0.1) is 13.8 Å². The molecule has 2 unspecified atom stereocenters. The molecule has 0 bridgehead atoms. The summed E-state index contributed by atoms with van der Waals surface area (Å²) in [7, 11) is 1.49. The van der Waals surface area contributed by atoms with Gasteiger partial charge in [-0.2, -0.15) is 13.2 Å². The number of halogens is 3. The second-order valence-electron chi connectivity index (χ2n) is 8.18. The fraction of sp³-hybridized carbons (Fsp3) is 0.360. The molecular weight excluding hydrogens is 433 g/mol. The van der Waals surface area contributed by atoms with Gasteiger partial charge in [-0.1, -0.05) is 25.1 Å². The van der Waals surface area contributed by atoms with Gasteiger partial charge in [0.15, 0.2) is 5.60 Å². The summed E-state index contributed by atoms with van der Waals surface area (Å²) in [5.41, 5.74) is -0.413. The van der Waals surface area contributed by atoms with Crippen molar-refractivity contribution >= 4 is 22.8 Å².